The fourth-order valence-corrected chi connectivity index (χ4v) is 1.21. The van der Waals surface area contributed by atoms with Gasteiger partial charge in [-0.15, -0.1) is 12.3 Å². The molecular weight excluding hydrogens is 245 g/mol. The lowest BCUT2D eigenvalue weighted by atomic mass is 9.97. The number of carboxylic acids is 1. The van der Waals surface area contributed by atoms with Crippen LogP contribution < -0.4 is 0 Å². The van der Waals surface area contributed by atoms with Crippen LogP contribution in [0.15, 0.2) is 0 Å². The summed E-state index contributed by atoms with van der Waals surface area (Å²) in [6.45, 7) is 4.43. The van der Waals surface area contributed by atoms with Crippen molar-refractivity contribution < 1.29 is 23.1 Å². The number of terminal acetylenes is 1. The maximum atomic E-state index is 10.6. The largest absolute Gasteiger partial charge is 0.490 e. The van der Waals surface area contributed by atoms with Gasteiger partial charge in [-0.25, -0.2) is 4.79 Å². The molecular formula is C13H21F3O2. The van der Waals surface area contributed by atoms with Gasteiger partial charge in [0.05, 0.1) is 0 Å². The molecule has 0 aliphatic rings. The van der Waals surface area contributed by atoms with E-state index in [1.165, 1.54) is 38.5 Å². The minimum Gasteiger partial charge on any atom is -0.475 e. The zero-order chi connectivity index (χ0) is 14.6. The van der Waals surface area contributed by atoms with Gasteiger partial charge in [-0.2, -0.15) is 13.2 Å². The minimum atomic E-state index is -5.08. The second-order valence-electron chi connectivity index (χ2n) is 3.95. The molecule has 0 atom stereocenters. The van der Waals surface area contributed by atoms with Gasteiger partial charge in [-0.05, 0) is 12.8 Å². The molecule has 0 saturated heterocycles. The number of halogens is 3. The molecule has 0 aliphatic heterocycles. The van der Waals surface area contributed by atoms with E-state index in [-0.39, 0.29) is 0 Å². The lowest BCUT2D eigenvalue weighted by molar-refractivity contribution is -0.192. The molecule has 18 heavy (non-hydrogen) atoms. The van der Waals surface area contributed by atoms with Crippen molar-refractivity contribution in [3.8, 4) is 12.3 Å². The van der Waals surface area contributed by atoms with Crippen molar-refractivity contribution in [2.45, 2.75) is 58.5 Å². The highest BCUT2D eigenvalue weighted by atomic mass is 19.4. The maximum absolute atomic E-state index is 10.6. The van der Waals surface area contributed by atoms with E-state index in [1.54, 1.807) is 0 Å². The molecule has 1 N–H and O–H groups in total. The third-order valence-corrected chi connectivity index (χ3v) is 2.29. The smallest absolute Gasteiger partial charge is 0.475 e. The topological polar surface area (TPSA) is 37.3 Å². The van der Waals surface area contributed by atoms with Gasteiger partial charge in [0.25, 0.3) is 0 Å². The Kier molecular flexibility index (Phi) is 11.7. The number of aliphatic carboxylic acids is 1. The Morgan fingerprint density at radius 3 is 1.72 bits per heavy atom. The lowest BCUT2D eigenvalue weighted by Crippen LogP contribution is -2.21. The van der Waals surface area contributed by atoms with Crippen LogP contribution in [-0.2, 0) is 4.79 Å². The van der Waals surface area contributed by atoms with E-state index in [9.17, 15) is 13.2 Å². The summed E-state index contributed by atoms with van der Waals surface area (Å²) >= 11 is 0. The molecule has 106 valence electrons. The van der Waals surface area contributed by atoms with Crippen LogP contribution in [0.2, 0.25) is 0 Å². The van der Waals surface area contributed by atoms with E-state index >= 15 is 0 Å². The van der Waals surface area contributed by atoms with E-state index in [1.807, 2.05) is 0 Å². The molecule has 0 heterocycles. The van der Waals surface area contributed by atoms with E-state index in [0.717, 1.165) is 0 Å². The molecule has 0 aromatic carbocycles. The average molecular weight is 266 g/mol. The van der Waals surface area contributed by atoms with Gasteiger partial charge in [0, 0.05) is 5.92 Å². The number of hydrogen-bond donors (Lipinski definition) is 1. The second-order valence-corrected chi connectivity index (χ2v) is 3.95. The van der Waals surface area contributed by atoms with E-state index in [4.69, 9.17) is 16.3 Å². The summed E-state index contributed by atoms with van der Waals surface area (Å²) in [7, 11) is 0. The molecule has 0 aromatic rings. The van der Waals surface area contributed by atoms with Gasteiger partial charge in [0.1, 0.15) is 0 Å². The first-order valence-electron chi connectivity index (χ1n) is 6.05. The Morgan fingerprint density at radius 1 is 1.22 bits per heavy atom. The number of hydrogen-bond acceptors (Lipinski definition) is 1. The first-order valence-corrected chi connectivity index (χ1v) is 6.05. The predicted molar refractivity (Wildman–Crippen MR) is 65.1 cm³/mol. The van der Waals surface area contributed by atoms with Crippen molar-refractivity contribution in [2.24, 2.45) is 5.92 Å². The van der Waals surface area contributed by atoms with Gasteiger partial charge in [0.2, 0.25) is 0 Å². The van der Waals surface area contributed by atoms with Crippen LogP contribution in [0.25, 0.3) is 0 Å². The van der Waals surface area contributed by atoms with Crippen molar-refractivity contribution >= 4 is 5.97 Å². The summed E-state index contributed by atoms with van der Waals surface area (Å²) in [6, 6.07) is 0. The third-order valence-electron chi connectivity index (χ3n) is 2.29. The predicted octanol–water partition coefficient (Wildman–Crippen LogP) is 4.25. The molecule has 0 rings (SSSR count). The van der Waals surface area contributed by atoms with Gasteiger partial charge in [0.15, 0.2) is 0 Å². The highest BCUT2D eigenvalue weighted by Crippen LogP contribution is 2.14. The van der Waals surface area contributed by atoms with Crippen molar-refractivity contribution in [3.63, 3.8) is 0 Å². The average Bonchev–Trinajstić information content (AvgIpc) is 2.29. The number of rotatable bonds is 6. The molecule has 0 aliphatic carbocycles. The third kappa shape index (κ3) is 12.9. The Morgan fingerprint density at radius 2 is 1.56 bits per heavy atom. The van der Waals surface area contributed by atoms with Crippen LogP contribution >= 0.6 is 0 Å². The standard InChI is InChI=1S/C11H20.C2HF3O2/c1-4-7-9-11(6-3)10-8-5-2;3-2(4,5)1(6)7/h3,11H,4-5,7-10H2,1-2H3;(H,6,7). The fourth-order valence-electron chi connectivity index (χ4n) is 1.21. The molecule has 0 unspecified atom stereocenters. The van der Waals surface area contributed by atoms with E-state index in [0.29, 0.717) is 5.92 Å². The quantitative estimate of drug-likeness (QED) is 0.730. The van der Waals surface area contributed by atoms with Crippen LogP contribution in [0.5, 0.6) is 0 Å². The normalized spacial score (nSPS) is 10.5. The summed E-state index contributed by atoms with van der Waals surface area (Å²) in [5.41, 5.74) is 0. The Labute approximate surface area is 107 Å². The second kappa shape index (κ2) is 10.9. The molecule has 5 heteroatoms. The zero-order valence-corrected chi connectivity index (χ0v) is 10.9. The Hall–Kier alpha value is -1.18. The van der Waals surface area contributed by atoms with Crippen molar-refractivity contribution in [1.29, 1.82) is 0 Å². The molecule has 0 spiro atoms. The summed E-state index contributed by atoms with van der Waals surface area (Å²) in [5.74, 6) is 0.666. The molecule has 0 saturated carbocycles. The highest BCUT2D eigenvalue weighted by molar-refractivity contribution is 5.73. The summed E-state index contributed by atoms with van der Waals surface area (Å²) in [4.78, 5) is 8.90. The summed E-state index contributed by atoms with van der Waals surface area (Å²) in [6.07, 6.45) is 7.90. The summed E-state index contributed by atoms with van der Waals surface area (Å²) < 4.78 is 31.7. The van der Waals surface area contributed by atoms with Crippen molar-refractivity contribution in [3.05, 3.63) is 0 Å². The Balaban J connectivity index is 0. The van der Waals surface area contributed by atoms with Gasteiger partial charge in [-0.1, -0.05) is 39.5 Å². The molecule has 2 nitrogen and oxygen atoms in total. The highest BCUT2D eigenvalue weighted by Gasteiger charge is 2.38. The van der Waals surface area contributed by atoms with Crippen LogP contribution in [0.3, 0.4) is 0 Å². The van der Waals surface area contributed by atoms with Crippen LogP contribution in [0.1, 0.15) is 52.4 Å². The van der Waals surface area contributed by atoms with E-state index in [2.05, 4.69) is 19.8 Å². The number of carbonyl (C=O) groups is 1. The number of alkyl halides is 3. The van der Waals surface area contributed by atoms with Crippen molar-refractivity contribution in [2.75, 3.05) is 0 Å². The molecule has 0 fully saturated rings. The van der Waals surface area contributed by atoms with Crippen LogP contribution in [-0.4, -0.2) is 17.3 Å². The first kappa shape index (κ1) is 19.2. The van der Waals surface area contributed by atoms with Gasteiger partial charge >= 0.3 is 12.1 Å². The monoisotopic (exact) mass is 266 g/mol. The molecule has 0 radical (unpaired) electrons. The van der Waals surface area contributed by atoms with Crippen LogP contribution in [0, 0.1) is 18.3 Å². The molecule has 0 aromatic heterocycles. The van der Waals surface area contributed by atoms with E-state index < -0.39 is 12.1 Å². The van der Waals surface area contributed by atoms with Gasteiger partial charge < -0.3 is 5.11 Å². The first-order chi connectivity index (χ1) is 8.29. The zero-order valence-electron chi connectivity index (χ0n) is 10.9. The minimum absolute atomic E-state index is 0.551. The SMILES string of the molecule is C#CC(CCCC)CCCC.O=C(O)C(F)(F)F. The molecule has 0 bridgehead atoms. The maximum Gasteiger partial charge on any atom is 0.490 e. The number of carboxylic acid groups (broad SMARTS) is 1. The summed E-state index contributed by atoms with van der Waals surface area (Å²) in [5, 5.41) is 7.12. The Bertz CT molecular complexity index is 246. The van der Waals surface area contributed by atoms with Gasteiger partial charge in [-0.3, -0.25) is 0 Å². The lowest BCUT2D eigenvalue weighted by Gasteiger charge is -2.07. The van der Waals surface area contributed by atoms with Crippen LogP contribution in [0.4, 0.5) is 13.2 Å². The molecule has 0 amide bonds. The number of unbranched alkanes of at least 4 members (excludes halogenated alkanes) is 2. The fraction of sp³-hybridized carbons (Fsp3) is 0.769. The van der Waals surface area contributed by atoms with Crippen molar-refractivity contribution in [1.82, 2.24) is 0 Å².